The molecule has 0 aromatic heterocycles. The van der Waals surface area contributed by atoms with Gasteiger partial charge in [-0.3, -0.25) is 24.1 Å². The Labute approximate surface area is 231 Å². The molecule has 4 amide bonds. The van der Waals surface area contributed by atoms with Crippen LogP contribution >= 0.6 is 0 Å². The van der Waals surface area contributed by atoms with E-state index in [2.05, 4.69) is 41.6 Å². The highest BCUT2D eigenvalue weighted by Crippen LogP contribution is 2.23. The van der Waals surface area contributed by atoms with Crippen molar-refractivity contribution in [1.29, 1.82) is 0 Å². The van der Waals surface area contributed by atoms with Gasteiger partial charge in [0.2, 0.25) is 17.7 Å². The summed E-state index contributed by atoms with van der Waals surface area (Å²) in [6.07, 6.45) is 3.82. The number of amides is 4. The van der Waals surface area contributed by atoms with Crippen molar-refractivity contribution in [2.45, 2.75) is 83.5 Å². The Morgan fingerprint density at radius 3 is 2.64 bits per heavy atom. The molecule has 0 unspecified atom stereocenters. The lowest BCUT2D eigenvalue weighted by molar-refractivity contribution is -0.140. The molecule has 1 aromatic rings. The van der Waals surface area contributed by atoms with Crippen LogP contribution in [-0.4, -0.2) is 90.4 Å². The normalized spacial score (nSPS) is 26.8. The molecule has 10 nitrogen and oxygen atoms in total. The number of hydrogen-bond acceptors (Lipinski definition) is 6. The quantitative estimate of drug-likeness (QED) is 0.504. The minimum Gasteiger partial charge on any atom is -0.491 e. The lowest BCUT2D eigenvalue weighted by Crippen LogP contribution is -2.54. The fourth-order valence-corrected chi connectivity index (χ4v) is 5.96. The van der Waals surface area contributed by atoms with E-state index in [1.807, 2.05) is 0 Å². The lowest BCUT2D eigenvalue weighted by atomic mass is 10.0. The number of ether oxygens (including phenoxy) is 1. The standard InChI is InChI=1S/C29H43N5O5/c1-4-33-13-7-9-21(33)17-30-28(37)23-16-26(35)34-14-8-11-24(34)29(38)31-20(15-19(2)3)18-39-25-12-6-5-10-22(25)27(36)32-23/h5-6,10,12,19-21,23-24H,4,7-9,11,13-18H2,1-3H3,(H,30,37)(H,31,38)(H,32,36)/t20-,21-,23-,24+/m0/s1. The average molecular weight is 542 g/mol. The number of hydrogen-bond donors (Lipinski definition) is 3. The minimum absolute atomic E-state index is 0.189. The molecule has 0 saturated carbocycles. The molecule has 0 radical (unpaired) electrons. The third kappa shape index (κ3) is 7.29. The molecule has 1 aromatic carbocycles. The van der Waals surface area contributed by atoms with Gasteiger partial charge >= 0.3 is 0 Å². The molecule has 3 heterocycles. The van der Waals surface area contributed by atoms with Crippen molar-refractivity contribution in [3.8, 4) is 5.75 Å². The number of para-hydroxylation sites is 1. The number of rotatable bonds is 6. The van der Waals surface area contributed by atoms with Gasteiger partial charge in [-0.15, -0.1) is 0 Å². The van der Waals surface area contributed by atoms with Gasteiger partial charge in [0.25, 0.3) is 5.91 Å². The summed E-state index contributed by atoms with van der Waals surface area (Å²) < 4.78 is 6.07. The second kappa shape index (κ2) is 13.3. The number of nitrogens with zero attached hydrogens (tertiary/aromatic N) is 2. The fourth-order valence-electron chi connectivity index (χ4n) is 5.96. The summed E-state index contributed by atoms with van der Waals surface area (Å²) in [6.45, 7) is 9.25. The van der Waals surface area contributed by atoms with Crippen LogP contribution in [0.15, 0.2) is 24.3 Å². The fraction of sp³-hybridized carbons (Fsp3) is 0.655. The SMILES string of the molecule is CCN1CCC[C@H]1CNC(=O)[C@@H]1CC(=O)N2CCC[C@@H]2C(=O)N[C@@H](CC(C)C)COc2ccccc2C(=O)N1. The second-order valence-electron chi connectivity index (χ2n) is 11.3. The van der Waals surface area contributed by atoms with E-state index in [0.29, 0.717) is 44.0 Å². The lowest BCUT2D eigenvalue weighted by Gasteiger charge is -2.30. The van der Waals surface area contributed by atoms with Crippen molar-refractivity contribution >= 4 is 23.6 Å². The van der Waals surface area contributed by atoms with Gasteiger partial charge in [-0.1, -0.05) is 32.9 Å². The molecule has 4 rings (SSSR count). The van der Waals surface area contributed by atoms with E-state index in [9.17, 15) is 19.2 Å². The van der Waals surface area contributed by atoms with Crippen LogP contribution in [0.25, 0.3) is 0 Å². The Balaban J connectivity index is 1.58. The predicted molar refractivity (Wildman–Crippen MR) is 147 cm³/mol. The predicted octanol–water partition coefficient (Wildman–Crippen LogP) is 1.69. The summed E-state index contributed by atoms with van der Waals surface area (Å²) in [7, 11) is 0. The monoisotopic (exact) mass is 541 g/mol. The summed E-state index contributed by atoms with van der Waals surface area (Å²) in [5.74, 6) is -0.716. The molecule has 4 atom stereocenters. The van der Waals surface area contributed by atoms with Crippen LogP contribution in [0.3, 0.4) is 0 Å². The van der Waals surface area contributed by atoms with Gasteiger partial charge in [0.15, 0.2) is 0 Å². The zero-order valence-corrected chi connectivity index (χ0v) is 23.4. The van der Waals surface area contributed by atoms with Gasteiger partial charge in [0.05, 0.1) is 18.0 Å². The third-order valence-electron chi connectivity index (χ3n) is 7.97. The van der Waals surface area contributed by atoms with Crippen LogP contribution in [0.5, 0.6) is 5.75 Å². The third-order valence-corrected chi connectivity index (χ3v) is 7.97. The summed E-state index contributed by atoms with van der Waals surface area (Å²) in [4.78, 5) is 57.5. The maximum Gasteiger partial charge on any atom is 0.255 e. The highest BCUT2D eigenvalue weighted by Gasteiger charge is 2.38. The minimum atomic E-state index is -1.07. The number of likely N-dealkylation sites (tertiary alicyclic amines) is 1. The van der Waals surface area contributed by atoms with Crippen molar-refractivity contribution in [3.05, 3.63) is 29.8 Å². The number of carbonyl (C=O) groups excluding carboxylic acids is 4. The van der Waals surface area contributed by atoms with Crippen LogP contribution in [-0.2, 0) is 14.4 Å². The molecule has 0 spiro atoms. The maximum absolute atomic E-state index is 13.5. The molecule has 3 aliphatic heterocycles. The van der Waals surface area contributed by atoms with Gasteiger partial charge in [-0.25, -0.2) is 0 Å². The summed E-state index contributed by atoms with van der Waals surface area (Å²) >= 11 is 0. The van der Waals surface area contributed by atoms with E-state index in [-0.39, 0.29) is 42.5 Å². The Morgan fingerprint density at radius 1 is 1.10 bits per heavy atom. The van der Waals surface area contributed by atoms with Crippen LogP contribution in [0.1, 0.15) is 69.7 Å². The van der Waals surface area contributed by atoms with E-state index in [1.165, 1.54) is 0 Å². The van der Waals surface area contributed by atoms with E-state index in [4.69, 9.17) is 4.74 Å². The first-order chi connectivity index (χ1) is 18.8. The molecule has 3 N–H and O–H groups in total. The van der Waals surface area contributed by atoms with E-state index in [0.717, 1.165) is 25.9 Å². The maximum atomic E-state index is 13.5. The first-order valence-electron chi connectivity index (χ1n) is 14.4. The molecule has 2 saturated heterocycles. The van der Waals surface area contributed by atoms with Gasteiger partial charge in [-0.2, -0.15) is 0 Å². The molecule has 2 fully saturated rings. The number of carbonyl (C=O) groups is 4. The topological polar surface area (TPSA) is 120 Å². The van der Waals surface area contributed by atoms with Crippen LogP contribution in [0, 0.1) is 5.92 Å². The van der Waals surface area contributed by atoms with Crippen molar-refractivity contribution in [2.75, 3.05) is 32.8 Å². The molecule has 3 aliphatic rings. The van der Waals surface area contributed by atoms with E-state index < -0.39 is 23.9 Å². The Hall–Kier alpha value is -3.14. The average Bonchev–Trinajstić information content (AvgIpc) is 3.59. The van der Waals surface area contributed by atoms with Crippen molar-refractivity contribution in [1.82, 2.24) is 25.8 Å². The Morgan fingerprint density at radius 2 is 1.87 bits per heavy atom. The first kappa shape index (κ1) is 28.9. The zero-order chi connectivity index (χ0) is 27.9. The highest BCUT2D eigenvalue weighted by atomic mass is 16.5. The van der Waals surface area contributed by atoms with E-state index in [1.54, 1.807) is 29.2 Å². The summed E-state index contributed by atoms with van der Waals surface area (Å²) in [5.41, 5.74) is 0.279. The molecular formula is C29H43N5O5. The zero-order valence-electron chi connectivity index (χ0n) is 23.4. The number of likely N-dealkylation sites (N-methyl/N-ethyl adjacent to an activating group) is 1. The van der Waals surface area contributed by atoms with Gasteiger partial charge in [0.1, 0.15) is 24.4 Å². The summed E-state index contributed by atoms with van der Waals surface area (Å²) in [6, 6.07) is 5.14. The van der Waals surface area contributed by atoms with Gasteiger partial charge in [-0.05, 0) is 63.2 Å². The van der Waals surface area contributed by atoms with Crippen molar-refractivity contribution in [2.24, 2.45) is 5.92 Å². The van der Waals surface area contributed by atoms with Gasteiger partial charge in [0, 0.05) is 19.1 Å². The smallest absolute Gasteiger partial charge is 0.255 e. The molecule has 0 bridgehead atoms. The van der Waals surface area contributed by atoms with E-state index >= 15 is 0 Å². The second-order valence-corrected chi connectivity index (χ2v) is 11.3. The Bertz CT molecular complexity index is 1050. The molecule has 10 heteroatoms. The molecule has 214 valence electrons. The number of fused-ring (bicyclic) bond motifs is 2. The summed E-state index contributed by atoms with van der Waals surface area (Å²) in [5, 5.41) is 8.86. The van der Waals surface area contributed by atoms with Crippen molar-refractivity contribution < 1.29 is 23.9 Å². The number of benzene rings is 1. The van der Waals surface area contributed by atoms with Crippen LogP contribution < -0.4 is 20.7 Å². The molecular weight excluding hydrogens is 498 g/mol. The largest absolute Gasteiger partial charge is 0.491 e. The first-order valence-corrected chi connectivity index (χ1v) is 14.4. The van der Waals surface area contributed by atoms with Crippen LogP contribution in [0.2, 0.25) is 0 Å². The highest BCUT2D eigenvalue weighted by molar-refractivity contribution is 6.01. The number of nitrogens with one attached hydrogen (secondary N) is 3. The van der Waals surface area contributed by atoms with Crippen LogP contribution in [0.4, 0.5) is 0 Å². The molecule has 39 heavy (non-hydrogen) atoms. The molecule has 0 aliphatic carbocycles. The van der Waals surface area contributed by atoms with Gasteiger partial charge < -0.3 is 25.6 Å². The Kier molecular flexibility index (Phi) is 9.83. The van der Waals surface area contributed by atoms with Crippen molar-refractivity contribution in [3.63, 3.8) is 0 Å².